The van der Waals surface area contributed by atoms with Crippen LogP contribution in [-0.2, 0) is 51.8 Å². The molecule has 0 spiro atoms. The number of hydrogen-bond donors (Lipinski definition) is 4. The van der Waals surface area contributed by atoms with Gasteiger partial charge in [0.15, 0.2) is 23.4 Å². The second-order valence-electron chi connectivity index (χ2n) is 18.6. The number of carbonyl (C=O) groups is 7. The van der Waals surface area contributed by atoms with Crippen molar-refractivity contribution < 1.29 is 81.5 Å². The van der Waals surface area contributed by atoms with E-state index in [0.29, 0.717) is 0 Å². The number of Topliss-reactive ketones (excluding diaryl/α,β-unsaturated/α-hetero) is 1. The number of benzene rings is 2. The van der Waals surface area contributed by atoms with Gasteiger partial charge in [-0.05, 0) is 63.5 Å². The molecule has 2 aromatic carbocycles. The predicted molar refractivity (Wildman–Crippen MR) is 227 cm³/mol. The van der Waals surface area contributed by atoms with Gasteiger partial charge < -0.3 is 53.2 Å². The molecule has 4 N–H and O–H groups in total. The average Bonchev–Trinajstić information content (AvgIpc) is 3.22. The highest BCUT2D eigenvalue weighted by Gasteiger charge is 2.78. The van der Waals surface area contributed by atoms with Gasteiger partial charge in [-0.2, -0.15) is 0 Å². The molecule has 0 radical (unpaired) electrons. The maximum atomic E-state index is 15.1. The lowest BCUT2D eigenvalue weighted by Crippen LogP contribution is -2.81. The summed E-state index contributed by atoms with van der Waals surface area (Å²) in [5.41, 5.74) is -8.88. The third kappa shape index (κ3) is 9.12. The molecule has 1 aliphatic heterocycles. The van der Waals surface area contributed by atoms with E-state index in [1.54, 1.807) is 57.2 Å². The van der Waals surface area contributed by atoms with Crippen LogP contribution in [0.2, 0.25) is 0 Å². The molecule has 3 fully saturated rings. The zero-order valence-electron chi connectivity index (χ0n) is 37.5. The summed E-state index contributed by atoms with van der Waals surface area (Å²) in [6.45, 7) is 12.5. The molecule has 1 heterocycles. The van der Waals surface area contributed by atoms with Gasteiger partial charge in [0.25, 0.3) is 0 Å². The molecule has 19 heteroatoms. The van der Waals surface area contributed by atoms with Gasteiger partial charge in [-0.3, -0.25) is 14.4 Å². The van der Waals surface area contributed by atoms with Gasteiger partial charge in [-0.1, -0.05) is 62.4 Å². The van der Waals surface area contributed by atoms with Gasteiger partial charge in [0, 0.05) is 32.1 Å². The number of alkyl carbamates (subject to hydrolysis) is 1. The summed E-state index contributed by atoms with van der Waals surface area (Å²) < 4.78 is 40.2. The van der Waals surface area contributed by atoms with Crippen molar-refractivity contribution in [2.75, 3.05) is 6.61 Å². The fraction of sp³-hybridized carbons (Fsp3) is 0.543. The quantitative estimate of drug-likeness (QED) is 0.116. The monoisotopic (exact) mass is 925 g/mol. The number of carbonyl (C=O) groups excluding carboxylic acids is 7. The molecule has 4 aliphatic rings. The van der Waals surface area contributed by atoms with E-state index < -0.39 is 124 Å². The maximum absolute atomic E-state index is 15.1. The van der Waals surface area contributed by atoms with Gasteiger partial charge in [-0.25, -0.2) is 19.2 Å². The second-order valence-corrected chi connectivity index (χ2v) is 19.2. The Bertz CT molecular complexity index is 2240. The van der Waals surface area contributed by atoms with Crippen LogP contribution in [0.1, 0.15) is 97.1 Å². The highest BCUT2D eigenvalue weighted by atomic mass is 32.2. The Morgan fingerprint density at radius 2 is 1.52 bits per heavy atom. The first-order valence-corrected chi connectivity index (χ1v) is 21.7. The number of ketones is 1. The van der Waals surface area contributed by atoms with Crippen molar-refractivity contribution >= 4 is 53.1 Å². The number of esters is 3. The smallest absolute Gasteiger partial charge is 0.408 e. The third-order valence-corrected chi connectivity index (χ3v) is 13.5. The third-order valence-electron chi connectivity index (χ3n) is 13.0. The van der Waals surface area contributed by atoms with E-state index in [1.807, 2.05) is 0 Å². The van der Waals surface area contributed by atoms with Crippen molar-refractivity contribution in [1.82, 2.24) is 5.32 Å². The van der Waals surface area contributed by atoms with Crippen LogP contribution in [0.15, 0.2) is 71.8 Å². The fourth-order valence-corrected chi connectivity index (χ4v) is 10.2. The standard InChI is InChI=1S/C46H55NO17S/c1-23-28(59-39(54)34(60-41(56)65-64-25(3)49)32(26-16-12-10-13-17-26)47-40(55)63-42(4,5)6)21-46(57)37(61-38(53)27-18-14-11-15-19-27)35-44(9,36(52)33(51)31(23)43(46,7)8)29(50)20-30-45(35,22-58-30)62-24(2)48/h10-19,28-30,32-35,37,50-51,57H,20-22H2,1-9H3,(H,47,55)/t28-,29-,30?,32-,33+,34+,35-,37-,44+,45-,46+/m0/s1. The minimum absolute atomic E-state index is 0.0367. The van der Waals surface area contributed by atoms with Gasteiger partial charge in [0.2, 0.25) is 6.10 Å². The molecule has 352 valence electrons. The Morgan fingerprint density at radius 1 is 0.908 bits per heavy atom. The predicted octanol–water partition coefficient (Wildman–Crippen LogP) is 4.62. The first-order chi connectivity index (χ1) is 30.3. The number of amides is 1. The molecule has 3 aliphatic carbocycles. The van der Waals surface area contributed by atoms with Gasteiger partial charge in [0.05, 0.1) is 29.6 Å². The lowest BCUT2D eigenvalue weighted by molar-refractivity contribution is -0.346. The van der Waals surface area contributed by atoms with Crippen LogP contribution >= 0.6 is 12.0 Å². The van der Waals surface area contributed by atoms with Crippen molar-refractivity contribution in [3.8, 4) is 0 Å². The van der Waals surface area contributed by atoms with Crippen LogP contribution in [0, 0.1) is 16.7 Å². The van der Waals surface area contributed by atoms with Crippen LogP contribution in [0.25, 0.3) is 0 Å². The van der Waals surface area contributed by atoms with Crippen molar-refractivity contribution in [2.45, 2.75) is 135 Å². The number of hydrogen-bond acceptors (Lipinski definition) is 18. The highest BCUT2D eigenvalue weighted by Crippen LogP contribution is 2.64. The summed E-state index contributed by atoms with van der Waals surface area (Å²) in [5, 5.41) is 39.2. The fourth-order valence-electron chi connectivity index (χ4n) is 9.88. The maximum Gasteiger partial charge on any atom is 0.408 e. The average molecular weight is 926 g/mol. The molecule has 1 unspecified atom stereocenters. The molecule has 2 aromatic rings. The molecule has 6 rings (SSSR count). The van der Waals surface area contributed by atoms with Crippen LogP contribution in [0.3, 0.4) is 0 Å². The molecule has 2 saturated carbocycles. The normalized spacial score (nSPS) is 31.1. The van der Waals surface area contributed by atoms with Crippen molar-refractivity contribution in [3.63, 3.8) is 0 Å². The SMILES string of the molecule is CC(=O)OSC(=O)O[C@@H](C(=O)O[C@H]1C[C@@]2(O)[C@@H](OC(=O)c3ccccc3)[C@H]3[C@](C)(C(=O)[C@H](O)C(=C1C)C2(C)C)[C@@H](O)CC1OC[C@]13OC(C)=O)[C@@H](NC(=O)OC(C)(C)C)c1ccccc1. The van der Waals surface area contributed by atoms with Crippen LogP contribution in [0.5, 0.6) is 0 Å². The largest absolute Gasteiger partial charge is 0.455 e. The van der Waals surface area contributed by atoms with E-state index in [0.717, 1.165) is 13.8 Å². The molecule has 0 aromatic heterocycles. The number of nitrogens with one attached hydrogen (secondary N) is 1. The molecule has 2 bridgehead atoms. The Labute approximate surface area is 379 Å². The number of fused-ring (bicyclic) bond motifs is 5. The van der Waals surface area contributed by atoms with Gasteiger partial charge in [0.1, 0.15) is 41.7 Å². The zero-order chi connectivity index (χ0) is 48.0. The second kappa shape index (κ2) is 18.1. The van der Waals surface area contributed by atoms with E-state index in [1.165, 1.54) is 52.0 Å². The van der Waals surface area contributed by atoms with Crippen molar-refractivity contribution in [1.29, 1.82) is 0 Å². The topological polar surface area (TPSA) is 257 Å². The lowest BCUT2D eigenvalue weighted by Gasteiger charge is -2.67. The van der Waals surface area contributed by atoms with Crippen LogP contribution in [0.4, 0.5) is 9.59 Å². The summed E-state index contributed by atoms with van der Waals surface area (Å²) in [6, 6.07) is 14.1. The summed E-state index contributed by atoms with van der Waals surface area (Å²) in [5.74, 6) is -6.53. The molecular weight excluding hydrogens is 871 g/mol. The minimum Gasteiger partial charge on any atom is -0.455 e. The number of rotatable bonds is 9. The number of aliphatic hydroxyl groups excluding tert-OH is 2. The Hall–Kier alpha value is -5.34. The summed E-state index contributed by atoms with van der Waals surface area (Å²) >= 11 is -0.0367. The summed E-state index contributed by atoms with van der Waals surface area (Å²) in [4.78, 5) is 95.3. The van der Waals surface area contributed by atoms with Crippen molar-refractivity contribution in [2.24, 2.45) is 16.7 Å². The molecule has 18 nitrogen and oxygen atoms in total. The lowest BCUT2D eigenvalue weighted by atomic mass is 9.44. The van der Waals surface area contributed by atoms with E-state index in [2.05, 4.69) is 5.32 Å². The Morgan fingerprint density at radius 3 is 2.08 bits per heavy atom. The van der Waals surface area contributed by atoms with Gasteiger partial charge >= 0.3 is 35.3 Å². The van der Waals surface area contributed by atoms with Crippen LogP contribution < -0.4 is 5.32 Å². The van der Waals surface area contributed by atoms with E-state index in [-0.39, 0.29) is 47.3 Å². The molecule has 11 atom stereocenters. The first kappa shape index (κ1) is 49.1. The van der Waals surface area contributed by atoms with Gasteiger partial charge in [-0.15, -0.1) is 0 Å². The highest BCUT2D eigenvalue weighted by molar-refractivity contribution is 8.09. The van der Waals surface area contributed by atoms with Crippen LogP contribution in [-0.4, -0.2) is 116 Å². The number of ether oxygens (including phenoxy) is 6. The van der Waals surface area contributed by atoms with E-state index in [9.17, 15) is 44.1 Å². The molecule has 1 amide bonds. The van der Waals surface area contributed by atoms with E-state index >= 15 is 4.79 Å². The summed E-state index contributed by atoms with van der Waals surface area (Å²) in [6.07, 6.45) is -12.2. The Kier molecular flexibility index (Phi) is 13.7. The van der Waals surface area contributed by atoms with Crippen molar-refractivity contribution in [3.05, 3.63) is 82.9 Å². The first-order valence-electron chi connectivity index (χ1n) is 21.0. The number of aliphatic hydroxyl groups is 3. The van der Waals surface area contributed by atoms with E-state index in [4.69, 9.17) is 32.6 Å². The summed E-state index contributed by atoms with van der Waals surface area (Å²) in [7, 11) is 0. The molecule has 65 heavy (non-hydrogen) atoms. The molecular formula is C46H55NO17S. The molecule has 1 saturated heterocycles. The Balaban J connectivity index is 1.52. The zero-order valence-corrected chi connectivity index (χ0v) is 38.3. The minimum atomic E-state index is -2.46.